The van der Waals surface area contributed by atoms with Crippen LogP contribution in [0.25, 0.3) is 0 Å². The van der Waals surface area contributed by atoms with Crippen LogP contribution in [-0.2, 0) is 0 Å². The number of halogens is 1. The Bertz CT molecular complexity index is 571. The maximum atomic E-state index is 12.2. The molecule has 0 aliphatic heterocycles. The monoisotopic (exact) mass is 339 g/mol. The summed E-state index contributed by atoms with van der Waals surface area (Å²) in [5, 5.41) is 5.77. The second-order valence-electron chi connectivity index (χ2n) is 4.04. The molecule has 0 bridgehead atoms. The number of nitrogens with two attached hydrogens (primary N) is 1. The number of amides is 1. The summed E-state index contributed by atoms with van der Waals surface area (Å²) < 4.78 is 0.855. The highest BCUT2D eigenvalue weighted by molar-refractivity contribution is 9.10. The number of benzene rings is 1. The molecule has 1 aromatic carbocycles. The first kappa shape index (κ1) is 14.0. The Hall–Kier alpha value is -1.40. The van der Waals surface area contributed by atoms with E-state index in [1.165, 1.54) is 11.3 Å². The number of thiazole rings is 1. The Balaban J connectivity index is 2.16. The van der Waals surface area contributed by atoms with E-state index in [4.69, 9.17) is 5.73 Å². The van der Waals surface area contributed by atoms with Gasteiger partial charge in [-0.15, -0.1) is 11.3 Å². The molecule has 1 amide bonds. The minimum atomic E-state index is -0.174. The lowest BCUT2D eigenvalue weighted by atomic mass is 10.1. The minimum absolute atomic E-state index is 0.0736. The molecule has 0 spiro atoms. The van der Waals surface area contributed by atoms with Gasteiger partial charge in [-0.2, -0.15) is 0 Å². The van der Waals surface area contributed by atoms with Crippen LogP contribution in [0.3, 0.4) is 0 Å². The lowest BCUT2D eigenvalue weighted by Crippen LogP contribution is -2.28. The molecular weight excluding hydrogens is 326 g/mol. The van der Waals surface area contributed by atoms with Crippen molar-refractivity contribution in [3.05, 3.63) is 44.8 Å². The molecule has 19 heavy (non-hydrogen) atoms. The standard InChI is InChI=1S/C13H14BrN3OS/c1-2-11(13-16-5-6-19-13)17-12(18)9-4-3-8(14)7-10(9)15/h3-7,11H,2,15H2,1H3,(H,17,18). The Labute approximate surface area is 124 Å². The van der Waals surface area contributed by atoms with Crippen LogP contribution >= 0.6 is 27.3 Å². The van der Waals surface area contributed by atoms with Gasteiger partial charge in [-0.05, 0) is 24.6 Å². The molecule has 0 saturated carbocycles. The zero-order chi connectivity index (χ0) is 13.8. The highest BCUT2D eigenvalue weighted by atomic mass is 79.9. The molecule has 0 aliphatic rings. The van der Waals surface area contributed by atoms with Crippen LogP contribution in [0.4, 0.5) is 5.69 Å². The smallest absolute Gasteiger partial charge is 0.253 e. The number of nitrogens with one attached hydrogen (secondary N) is 1. The average Bonchev–Trinajstić information content (AvgIpc) is 2.89. The number of aromatic nitrogens is 1. The summed E-state index contributed by atoms with van der Waals surface area (Å²) in [6.45, 7) is 2.01. The third-order valence-corrected chi connectivity index (χ3v) is 4.10. The minimum Gasteiger partial charge on any atom is -0.398 e. The van der Waals surface area contributed by atoms with Gasteiger partial charge < -0.3 is 11.1 Å². The van der Waals surface area contributed by atoms with Gasteiger partial charge in [0.15, 0.2) is 0 Å². The SMILES string of the molecule is CCC(NC(=O)c1ccc(Br)cc1N)c1nccs1. The molecule has 0 fully saturated rings. The van der Waals surface area contributed by atoms with Crippen LogP contribution in [0.1, 0.15) is 34.8 Å². The Morgan fingerprint density at radius 3 is 2.95 bits per heavy atom. The van der Waals surface area contributed by atoms with E-state index in [9.17, 15) is 4.79 Å². The third kappa shape index (κ3) is 3.33. The number of hydrogen-bond acceptors (Lipinski definition) is 4. The second-order valence-corrected chi connectivity index (χ2v) is 5.88. The van der Waals surface area contributed by atoms with Gasteiger partial charge in [-0.3, -0.25) is 4.79 Å². The second kappa shape index (κ2) is 6.16. The molecular formula is C13H14BrN3OS. The maximum absolute atomic E-state index is 12.2. The van der Waals surface area contributed by atoms with Crippen molar-refractivity contribution in [2.24, 2.45) is 0 Å². The number of anilines is 1. The summed E-state index contributed by atoms with van der Waals surface area (Å²) in [6.07, 6.45) is 2.53. The Morgan fingerprint density at radius 1 is 1.58 bits per heavy atom. The van der Waals surface area contributed by atoms with Crippen molar-refractivity contribution in [2.75, 3.05) is 5.73 Å². The fraction of sp³-hybridized carbons (Fsp3) is 0.231. The van der Waals surface area contributed by atoms with Gasteiger partial charge in [0.1, 0.15) is 5.01 Å². The topological polar surface area (TPSA) is 68.0 Å². The molecule has 0 radical (unpaired) electrons. The van der Waals surface area contributed by atoms with E-state index in [1.54, 1.807) is 24.4 Å². The molecule has 1 atom stereocenters. The van der Waals surface area contributed by atoms with E-state index in [0.717, 1.165) is 15.9 Å². The van der Waals surface area contributed by atoms with E-state index in [0.29, 0.717) is 11.3 Å². The fourth-order valence-electron chi connectivity index (χ4n) is 1.72. The first-order valence-corrected chi connectivity index (χ1v) is 7.54. The van der Waals surface area contributed by atoms with Crippen molar-refractivity contribution in [2.45, 2.75) is 19.4 Å². The Kier molecular flexibility index (Phi) is 4.55. The molecule has 3 N–H and O–H groups in total. The van der Waals surface area contributed by atoms with Crippen LogP contribution in [0, 0.1) is 0 Å². The first-order chi connectivity index (χ1) is 9.11. The number of nitrogen functional groups attached to an aromatic ring is 1. The van der Waals surface area contributed by atoms with Crippen molar-refractivity contribution >= 4 is 38.9 Å². The summed E-state index contributed by atoms with van der Waals surface area (Å²) >= 11 is 4.86. The largest absolute Gasteiger partial charge is 0.398 e. The molecule has 0 aliphatic carbocycles. The number of carbonyl (C=O) groups excluding carboxylic acids is 1. The molecule has 4 nitrogen and oxygen atoms in total. The molecule has 1 unspecified atom stereocenters. The lowest BCUT2D eigenvalue weighted by Gasteiger charge is -2.15. The van der Waals surface area contributed by atoms with Crippen LogP contribution in [-0.4, -0.2) is 10.9 Å². The lowest BCUT2D eigenvalue weighted by molar-refractivity contribution is 0.0936. The molecule has 6 heteroatoms. The molecule has 2 rings (SSSR count). The van der Waals surface area contributed by atoms with Crippen molar-refractivity contribution < 1.29 is 4.79 Å². The highest BCUT2D eigenvalue weighted by Crippen LogP contribution is 2.22. The van der Waals surface area contributed by atoms with E-state index in [-0.39, 0.29) is 11.9 Å². The van der Waals surface area contributed by atoms with Crippen LogP contribution in [0.5, 0.6) is 0 Å². The third-order valence-electron chi connectivity index (χ3n) is 2.72. The van der Waals surface area contributed by atoms with Gasteiger partial charge in [-0.25, -0.2) is 4.98 Å². The van der Waals surface area contributed by atoms with Gasteiger partial charge >= 0.3 is 0 Å². The van der Waals surface area contributed by atoms with E-state index >= 15 is 0 Å². The number of carbonyl (C=O) groups is 1. The summed E-state index contributed by atoms with van der Waals surface area (Å²) in [7, 11) is 0. The summed E-state index contributed by atoms with van der Waals surface area (Å²) in [5.74, 6) is -0.174. The Morgan fingerprint density at radius 2 is 2.37 bits per heavy atom. The quantitative estimate of drug-likeness (QED) is 0.839. The van der Waals surface area contributed by atoms with Crippen molar-refractivity contribution in [1.29, 1.82) is 0 Å². The molecule has 1 aromatic heterocycles. The van der Waals surface area contributed by atoms with Crippen LogP contribution in [0.15, 0.2) is 34.2 Å². The van der Waals surface area contributed by atoms with Crippen molar-refractivity contribution in [1.82, 2.24) is 10.3 Å². The van der Waals surface area contributed by atoms with Gasteiger partial charge in [0, 0.05) is 21.7 Å². The molecule has 2 aromatic rings. The van der Waals surface area contributed by atoms with Crippen molar-refractivity contribution in [3.8, 4) is 0 Å². The molecule has 1 heterocycles. The fourth-order valence-corrected chi connectivity index (χ4v) is 2.87. The first-order valence-electron chi connectivity index (χ1n) is 5.87. The predicted molar refractivity (Wildman–Crippen MR) is 81.2 cm³/mol. The van der Waals surface area contributed by atoms with Crippen LogP contribution in [0.2, 0.25) is 0 Å². The number of hydrogen-bond donors (Lipinski definition) is 2. The summed E-state index contributed by atoms with van der Waals surface area (Å²) in [4.78, 5) is 16.4. The maximum Gasteiger partial charge on any atom is 0.253 e. The number of rotatable bonds is 4. The van der Waals surface area contributed by atoms with E-state index in [2.05, 4.69) is 26.2 Å². The summed E-state index contributed by atoms with van der Waals surface area (Å²) in [6, 6.07) is 5.16. The van der Waals surface area contributed by atoms with Gasteiger partial charge in [-0.1, -0.05) is 22.9 Å². The molecule has 100 valence electrons. The van der Waals surface area contributed by atoms with Gasteiger partial charge in [0.05, 0.1) is 11.6 Å². The van der Waals surface area contributed by atoms with E-state index in [1.807, 2.05) is 12.3 Å². The van der Waals surface area contributed by atoms with Gasteiger partial charge in [0.25, 0.3) is 5.91 Å². The van der Waals surface area contributed by atoms with Crippen LogP contribution < -0.4 is 11.1 Å². The normalized spacial score (nSPS) is 12.1. The summed E-state index contributed by atoms with van der Waals surface area (Å²) in [5.41, 5.74) is 6.80. The van der Waals surface area contributed by atoms with Gasteiger partial charge in [0.2, 0.25) is 0 Å². The van der Waals surface area contributed by atoms with E-state index < -0.39 is 0 Å². The average molecular weight is 340 g/mol. The zero-order valence-corrected chi connectivity index (χ0v) is 12.8. The van der Waals surface area contributed by atoms with Crippen molar-refractivity contribution in [3.63, 3.8) is 0 Å². The zero-order valence-electron chi connectivity index (χ0n) is 10.4. The number of nitrogens with zero attached hydrogens (tertiary/aromatic N) is 1. The highest BCUT2D eigenvalue weighted by Gasteiger charge is 2.17. The molecule has 0 saturated heterocycles. The predicted octanol–water partition coefficient (Wildman–Crippen LogP) is 3.37.